The molecular weight excluding hydrogens is 280 g/mol. The number of nitrogens with one attached hydrogen (secondary N) is 2. The first kappa shape index (κ1) is 22.9. The SMILES string of the molecule is CCC(C)C.CCCCCCCNC1CC(C)(C)NC(C)(C)C1.[HH]. The molecule has 23 heavy (non-hydrogen) atoms. The van der Waals surface area contributed by atoms with Gasteiger partial charge in [0.15, 0.2) is 0 Å². The van der Waals surface area contributed by atoms with Gasteiger partial charge in [-0.2, -0.15) is 0 Å². The smallest absolute Gasteiger partial charge is 0.0144 e. The van der Waals surface area contributed by atoms with E-state index < -0.39 is 0 Å². The van der Waals surface area contributed by atoms with Crippen molar-refractivity contribution < 1.29 is 1.43 Å². The molecule has 0 aromatic rings. The maximum atomic E-state index is 3.77. The second-order valence-corrected chi connectivity index (χ2v) is 9.17. The summed E-state index contributed by atoms with van der Waals surface area (Å²) in [5, 5.41) is 7.51. The predicted octanol–water partition coefficient (Wildman–Crippen LogP) is 6.15. The van der Waals surface area contributed by atoms with E-state index in [1.807, 2.05) is 0 Å². The maximum absolute atomic E-state index is 3.77. The summed E-state index contributed by atoms with van der Waals surface area (Å²) >= 11 is 0. The molecule has 0 spiro atoms. The molecule has 0 aliphatic carbocycles. The van der Waals surface area contributed by atoms with Gasteiger partial charge < -0.3 is 10.6 Å². The minimum atomic E-state index is 0. The Hall–Kier alpha value is -0.0800. The summed E-state index contributed by atoms with van der Waals surface area (Å²) in [6.07, 6.45) is 10.7. The third-order valence-corrected chi connectivity index (χ3v) is 4.72. The van der Waals surface area contributed by atoms with Crippen molar-refractivity contribution in [2.45, 2.75) is 124 Å². The van der Waals surface area contributed by atoms with Gasteiger partial charge in [0.25, 0.3) is 0 Å². The van der Waals surface area contributed by atoms with Crippen molar-refractivity contribution in [3.8, 4) is 0 Å². The molecule has 1 aliphatic rings. The Morgan fingerprint density at radius 3 is 1.87 bits per heavy atom. The summed E-state index contributed by atoms with van der Waals surface area (Å²) in [5.41, 5.74) is 0.531. The predicted molar refractivity (Wildman–Crippen MR) is 108 cm³/mol. The number of rotatable bonds is 8. The normalized spacial score (nSPS) is 20.2. The first-order valence-electron chi connectivity index (χ1n) is 10.1. The van der Waals surface area contributed by atoms with E-state index in [2.05, 4.69) is 66.0 Å². The second kappa shape index (κ2) is 11.5. The molecule has 2 heteroatoms. The highest BCUT2D eigenvalue weighted by molar-refractivity contribution is 4.99. The lowest BCUT2D eigenvalue weighted by Gasteiger charge is -2.46. The summed E-state index contributed by atoms with van der Waals surface area (Å²) in [7, 11) is 0. The van der Waals surface area contributed by atoms with Gasteiger partial charge in [-0.3, -0.25) is 0 Å². The zero-order valence-corrected chi connectivity index (χ0v) is 17.5. The largest absolute Gasteiger partial charge is 0.314 e. The molecule has 1 heterocycles. The summed E-state index contributed by atoms with van der Waals surface area (Å²) in [4.78, 5) is 0. The van der Waals surface area contributed by atoms with Crippen LogP contribution in [-0.2, 0) is 0 Å². The molecular formula is C21H48N2. The number of hydrogen-bond acceptors (Lipinski definition) is 2. The molecule has 0 unspecified atom stereocenters. The molecule has 0 amide bonds. The number of unbranched alkanes of at least 4 members (excludes halogenated alkanes) is 4. The fraction of sp³-hybridized carbons (Fsp3) is 1.00. The Balaban J connectivity index is 0. The fourth-order valence-electron chi connectivity index (χ4n) is 3.50. The van der Waals surface area contributed by atoms with Crippen LogP contribution in [0.5, 0.6) is 0 Å². The van der Waals surface area contributed by atoms with Gasteiger partial charge in [0.1, 0.15) is 0 Å². The van der Waals surface area contributed by atoms with E-state index in [4.69, 9.17) is 0 Å². The highest BCUT2D eigenvalue weighted by Crippen LogP contribution is 2.28. The minimum Gasteiger partial charge on any atom is -0.314 e. The summed E-state index contributed by atoms with van der Waals surface area (Å²) < 4.78 is 0. The van der Waals surface area contributed by atoms with Crippen LogP contribution in [0.15, 0.2) is 0 Å². The van der Waals surface area contributed by atoms with Gasteiger partial charge in [0, 0.05) is 18.5 Å². The molecule has 0 aromatic carbocycles. The van der Waals surface area contributed by atoms with Gasteiger partial charge in [0.2, 0.25) is 0 Å². The van der Waals surface area contributed by atoms with Crippen molar-refractivity contribution in [3.63, 3.8) is 0 Å². The first-order chi connectivity index (χ1) is 10.6. The van der Waals surface area contributed by atoms with Crippen molar-refractivity contribution in [1.82, 2.24) is 10.6 Å². The average Bonchev–Trinajstić information content (AvgIpc) is 2.40. The zero-order chi connectivity index (χ0) is 17.9. The van der Waals surface area contributed by atoms with Gasteiger partial charge in [-0.05, 0) is 59.4 Å². The van der Waals surface area contributed by atoms with E-state index >= 15 is 0 Å². The molecule has 0 bridgehead atoms. The zero-order valence-electron chi connectivity index (χ0n) is 17.5. The van der Waals surface area contributed by atoms with Crippen LogP contribution in [0.4, 0.5) is 0 Å². The molecule has 0 radical (unpaired) electrons. The monoisotopic (exact) mass is 328 g/mol. The van der Waals surface area contributed by atoms with Crippen LogP contribution in [0.25, 0.3) is 0 Å². The fourth-order valence-corrected chi connectivity index (χ4v) is 3.50. The molecule has 2 nitrogen and oxygen atoms in total. The number of hydrogen-bond donors (Lipinski definition) is 2. The molecule has 1 rings (SSSR count). The average molecular weight is 329 g/mol. The molecule has 0 atom stereocenters. The van der Waals surface area contributed by atoms with Crippen LogP contribution in [-0.4, -0.2) is 23.7 Å². The third kappa shape index (κ3) is 12.9. The molecule has 0 saturated carbocycles. The molecule has 2 N–H and O–H groups in total. The molecule has 1 aliphatic heterocycles. The van der Waals surface area contributed by atoms with Crippen LogP contribution in [0.3, 0.4) is 0 Å². The van der Waals surface area contributed by atoms with Gasteiger partial charge >= 0.3 is 0 Å². The summed E-state index contributed by atoms with van der Waals surface area (Å²) in [6.45, 7) is 19.4. The van der Waals surface area contributed by atoms with E-state index in [1.54, 1.807) is 0 Å². The van der Waals surface area contributed by atoms with Crippen molar-refractivity contribution in [2.75, 3.05) is 6.54 Å². The third-order valence-electron chi connectivity index (χ3n) is 4.72. The standard InChI is InChI=1S/C16H34N2.C5H12.H2/c1-6-7-8-9-10-11-17-14-12-15(2,3)18-16(4,5)13-14;1-4-5(2)3;/h14,17-18H,6-13H2,1-5H3;5H,4H2,1-3H3;1H. The Labute approximate surface area is 149 Å². The Bertz CT molecular complexity index is 272. The first-order valence-corrected chi connectivity index (χ1v) is 10.1. The lowest BCUT2D eigenvalue weighted by atomic mass is 9.79. The van der Waals surface area contributed by atoms with Crippen molar-refractivity contribution in [3.05, 3.63) is 0 Å². The Kier molecular flexibility index (Phi) is 11.4. The molecule has 0 aromatic heterocycles. The quantitative estimate of drug-likeness (QED) is 0.522. The second-order valence-electron chi connectivity index (χ2n) is 9.17. The van der Waals surface area contributed by atoms with Gasteiger partial charge in [-0.25, -0.2) is 0 Å². The lowest BCUT2D eigenvalue weighted by molar-refractivity contribution is 0.146. The van der Waals surface area contributed by atoms with Crippen molar-refractivity contribution >= 4 is 0 Å². The van der Waals surface area contributed by atoms with Crippen LogP contribution in [0, 0.1) is 5.92 Å². The van der Waals surface area contributed by atoms with E-state index in [-0.39, 0.29) is 12.5 Å². The molecule has 1 fully saturated rings. The van der Waals surface area contributed by atoms with Crippen LogP contribution in [0.1, 0.15) is 108 Å². The van der Waals surface area contributed by atoms with Gasteiger partial charge in [-0.1, -0.05) is 59.8 Å². The molecule has 1 saturated heterocycles. The summed E-state index contributed by atoms with van der Waals surface area (Å²) in [5.74, 6) is 0.884. The number of piperidine rings is 1. The van der Waals surface area contributed by atoms with E-state index in [1.165, 1.54) is 57.9 Å². The van der Waals surface area contributed by atoms with Crippen molar-refractivity contribution in [2.24, 2.45) is 5.92 Å². The van der Waals surface area contributed by atoms with E-state index in [9.17, 15) is 0 Å². The van der Waals surface area contributed by atoms with Gasteiger partial charge in [-0.15, -0.1) is 0 Å². The highest BCUT2D eigenvalue weighted by atomic mass is 15.1. The topological polar surface area (TPSA) is 24.1 Å². The minimum absolute atomic E-state index is 0. The van der Waals surface area contributed by atoms with E-state index in [0.29, 0.717) is 6.04 Å². The Morgan fingerprint density at radius 1 is 0.957 bits per heavy atom. The summed E-state index contributed by atoms with van der Waals surface area (Å²) in [6, 6.07) is 0.683. The maximum Gasteiger partial charge on any atom is 0.0144 e. The molecule has 142 valence electrons. The van der Waals surface area contributed by atoms with E-state index in [0.717, 1.165) is 5.92 Å². The lowest BCUT2D eigenvalue weighted by Crippen LogP contribution is -2.61. The highest BCUT2D eigenvalue weighted by Gasteiger charge is 2.37. The Morgan fingerprint density at radius 2 is 1.43 bits per heavy atom. The van der Waals surface area contributed by atoms with Gasteiger partial charge in [0.05, 0.1) is 0 Å². The van der Waals surface area contributed by atoms with Crippen molar-refractivity contribution in [1.29, 1.82) is 0 Å². The van der Waals surface area contributed by atoms with Crippen LogP contribution < -0.4 is 10.6 Å². The van der Waals surface area contributed by atoms with Crippen LogP contribution >= 0.6 is 0 Å². The van der Waals surface area contributed by atoms with Crippen LogP contribution in [0.2, 0.25) is 0 Å².